The molecule has 1 heterocycles. The number of nitrogens with one attached hydrogen (secondary N) is 1. The molecule has 1 fully saturated rings. The molecule has 1 aromatic carbocycles. The number of unbranched alkanes of at least 4 members (excludes halogenated alkanes) is 1. The van der Waals surface area contributed by atoms with Gasteiger partial charge in [-0.3, -0.25) is 4.79 Å². The topological polar surface area (TPSA) is 32.3 Å². The summed E-state index contributed by atoms with van der Waals surface area (Å²) in [5.41, 5.74) is 1.27. The second-order valence-corrected chi connectivity index (χ2v) is 5.23. The number of carbonyl (C=O) groups is 1. The van der Waals surface area contributed by atoms with Crippen molar-refractivity contribution in [1.82, 2.24) is 5.32 Å². The van der Waals surface area contributed by atoms with Gasteiger partial charge in [0.25, 0.3) is 0 Å². The molecule has 1 aromatic rings. The van der Waals surface area contributed by atoms with Gasteiger partial charge in [0.15, 0.2) is 0 Å². The molecule has 3 nitrogen and oxygen atoms in total. The standard InChI is InChI=1S/C16H24N2O/c1-2-3-11-16(19)17-13-15-10-7-12-18(15)14-8-5-4-6-9-14/h4-6,8-9,15H,2-3,7,10-13H2,1H3,(H,17,19). The summed E-state index contributed by atoms with van der Waals surface area (Å²) in [5.74, 6) is 0.196. The predicted octanol–water partition coefficient (Wildman–Crippen LogP) is 2.96. The molecule has 3 heteroatoms. The van der Waals surface area contributed by atoms with Gasteiger partial charge in [-0.1, -0.05) is 31.5 Å². The molecule has 0 aliphatic carbocycles. The molecule has 1 N–H and O–H groups in total. The van der Waals surface area contributed by atoms with Gasteiger partial charge >= 0.3 is 0 Å². The molecular weight excluding hydrogens is 236 g/mol. The normalized spacial score (nSPS) is 18.6. The van der Waals surface area contributed by atoms with Crippen LogP contribution in [0.3, 0.4) is 0 Å². The molecule has 19 heavy (non-hydrogen) atoms. The second-order valence-electron chi connectivity index (χ2n) is 5.23. The molecule has 0 radical (unpaired) electrons. The second kappa shape index (κ2) is 7.17. The summed E-state index contributed by atoms with van der Waals surface area (Å²) in [5, 5.41) is 3.08. The Morgan fingerprint density at radius 2 is 2.16 bits per heavy atom. The average Bonchev–Trinajstić information content (AvgIpc) is 2.92. The summed E-state index contributed by atoms with van der Waals surface area (Å²) in [7, 11) is 0. The quantitative estimate of drug-likeness (QED) is 0.853. The zero-order valence-electron chi connectivity index (χ0n) is 11.8. The molecule has 2 rings (SSSR count). The van der Waals surface area contributed by atoms with Crippen molar-refractivity contribution in [3.63, 3.8) is 0 Å². The molecule has 0 bridgehead atoms. The average molecular weight is 260 g/mol. The molecule has 1 atom stereocenters. The number of rotatable bonds is 6. The third-order valence-corrected chi connectivity index (χ3v) is 3.76. The van der Waals surface area contributed by atoms with E-state index in [0.717, 1.165) is 25.9 Å². The minimum Gasteiger partial charge on any atom is -0.367 e. The molecule has 0 spiro atoms. The van der Waals surface area contributed by atoms with Crippen molar-refractivity contribution < 1.29 is 4.79 Å². The Morgan fingerprint density at radius 1 is 1.37 bits per heavy atom. The third-order valence-electron chi connectivity index (χ3n) is 3.76. The molecule has 1 aliphatic rings. The molecule has 0 saturated carbocycles. The smallest absolute Gasteiger partial charge is 0.220 e. The van der Waals surface area contributed by atoms with Crippen molar-refractivity contribution in [1.29, 1.82) is 0 Å². The maximum absolute atomic E-state index is 11.7. The Balaban J connectivity index is 1.84. The van der Waals surface area contributed by atoms with Gasteiger partial charge in [-0.15, -0.1) is 0 Å². The molecule has 104 valence electrons. The Hall–Kier alpha value is -1.51. The number of amides is 1. The van der Waals surface area contributed by atoms with Crippen LogP contribution in [0.5, 0.6) is 0 Å². The van der Waals surface area contributed by atoms with Crippen molar-refractivity contribution in [2.24, 2.45) is 0 Å². The highest BCUT2D eigenvalue weighted by atomic mass is 16.1. The Bertz CT molecular complexity index is 391. The molecule has 1 unspecified atom stereocenters. The summed E-state index contributed by atoms with van der Waals surface area (Å²) in [6, 6.07) is 10.9. The largest absolute Gasteiger partial charge is 0.367 e. The summed E-state index contributed by atoms with van der Waals surface area (Å²) < 4.78 is 0. The fraction of sp³-hybridized carbons (Fsp3) is 0.562. The minimum atomic E-state index is 0.196. The molecular formula is C16H24N2O. The zero-order chi connectivity index (χ0) is 13.5. The van der Waals surface area contributed by atoms with Crippen LogP contribution in [0.4, 0.5) is 5.69 Å². The minimum absolute atomic E-state index is 0.196. The van der Waals surface area contributed by atoms with Crippen LogP contribution in [-0.4, -0.2) is 25.0 Å². The fourth-order valence-electron chi connectivity index (χ4n) is 2.66. The third kappa shape index (κ3) is 3.98. The molecule has 1 amide bonds. The molecule has 0 aromatic heterocycles. The number of nitrogens with zero attached hydrogens (tertiary/aromatic N) is 1. The van der Waals surface area contributed by atoms with Gasteiger partial charge in [0, 0.05) is 31.2 Å². The van der Waals surface area contributed by atoms with E-state index in [9.17, 15) is 4.79 Å². The Labute approximate surface area is 116 Å². The predicted molar refractivity (Wildman–Crippen MR) is 79.3 cm³/mol. The number of hydrogen-bond donors (Lipinski definition) is 1. The van der Waals surface area contributed by atoms with E-state index < -0.39 is 0 Å². The van der Waals surface area contributed by atoms with E-state index in [1.165, 1.54) is 18.5 Å². The number of para-hydroxylation sites is 1. The lowest BCUT2D eigenvalue weighted by molar-refractivity contribution is -0.121. The first-order valence-electron chi connectivity index (χ1n) is 7.39. The van der Waals surface area contributed by atoms with Crippen LogP contribution in [0, 0.1) is 0 Å². The van der Waals surface area contributed by atoms with Crippen molar-refractivity contribution >= 4 is 11.6 Å². The molecule has 1 aliphatic heterocycles. The summed E-state index contributed by atoms with van der Waals surface area (Å²) in [6.07, 6.45) is 5.10. The summed E-state index contributed by atoms with van der Waals surface area (Å²) in [6.45, 7) is 3.98. The van der Waals surface area contributed by atoms with Crippen LogP contribution in [-0.2, 0) is 4.79 Å². The summed E-state index contributed by atoms with van der Waals surface area (Å²) in [4.78, 5) is 14.1. The van der Waals surface area contributed by atoms with Crippen molar-refractivity contribution in [2.75, 3.05) is 18.0 Å². The lowest BCUT2D eigenvalue weighted by Crippen LogP contribution is -2.40. The van der Waals surface area contributed by atoms with E-state index in [-0.39, 0.29) is 5.91 Å². The number of hydrogen-bond acceptors (Lipinski definition) is 2. The van der Waals surface area contributed by atoms with Crippen LogP contribution in [0.1, 0.15) is 39.0 Å². The van der Waals surface area contributed by atoms with Gasteiger partial charge in [-0.05, 0) is 31.4 Å². The van der Waals surface area contributed by atoms with Crippen molar-refractivity contribution in [3.05, 3.63) is 30.3 Å². The lowest BCUT2D eigenvalue weighted by atomic mass is 10.2. The van der Waals surface area contributed by atoms with E-state index in [1.807, 2.05) is 6.07 Å². The number of anilines is 1. The van der Waals surface area contributed by atoms with Crippen LogP contribution < -0.4 is 10.2 Å². The SMILES string of the molecule is CCCCC(=O)NCC1CCCN1c1ccccc1. The highest BCUT2D eigenvalue weighted by molar-refractivity contribution is 5.75. The number of benzene rings is 1. The fourth-order valence-corrected chi connectivity index (χ4v) is 2.66. The highest BCUT2D eigenvalue weighted by Gasteiger charge is 2.24. The Kier molecular flexibility index (Phi) is 5.25. The van der Waals surface area contributed by atoms with Crippen LogP contribution in [0.15, 0.2) is 30.3 Å². The van der Waals surface area contributed by atoms with Crippen molar-refractivity contribution in [2.45, 2.75) is 45.1 Å². The van der Waals surface area contributed by atoms with Crippen LogP contribution in [0.2, 0.25) is 0 Å². The number of carbonyl (C=O) groups excluding carboxylic acids is 1. The van der Waals surface area contributed by atoms with E-state index in [4.69, 9.17) is 0 Å². The van der Waals surface area contributed by atoms with E-state index in [1.54, 1.807) is 0 Å². The van der Waals surface area contributed by atoms with E-state index in [0.29, 0.717) is 12.5 Å². The monoisotopic (exact) mass is 260 g/mol. The summed E-state index contributed by atoms with van der Waals surface area (Å²) >= 11 is 0. The zero-order valence-corrected chi connectivity index (χ0v) is 11.8. The first-order chi connectivity index (χ1) is 9.31. The first-order valence-corrected chi connectivity index (χ1v) is 7.39. The van der Waals surface area contributed by atoms with Gasteiger partial charge in [0.05, 0.1) is 0 Å². The maximum Gasteiger partial charge on any atom is 0.220 e. The highest BCUT2D eigenvalue weighted by Crippen LogP contribution is 2.24. The molecule has 1 saturated heterocycles. The van der Waals surface area contributed by atoms with Crippen molar-refractivity contribution in [3.8, 4) is 0 Å². The van der Waals surface area contributed by atoms with Crippen LogP contribution >= 0.6 is 0 Å². The van der Waals surface area contributed by atoms with Crippen LogP contribution in [0.25, 0.3) is 0 Å². The Morgan fingerprint density at radius 3 is 2.89 bits per heavy atom. The van der Waals surface area contributed by atoms with Gasteiger partial charge in [0.1, 0.15) is 0 Å². The van der Waals surface area contributed by atoms with E-state index in [2.05, 4.69) is 41.4 Å². The maximum atomic E-state index is 11.7. The van der Waals surface area contributed by atoms with Gasteiger partial charge in [-0.2, -0.15) is 0 Å². The van der Waals surface area contributed by atoms with Gasteiger partial charge in [0.2, 0.25) is 5.91 Å². The van der Waals surface area contributed by atoms with E-state index >= 15 is 0 Å². The van der Waals surface area contributed by atoms with Gasteiger partial charge in [-0.25, -0.2) is 0 Å². The lowest BCUT2D eigenvalue weighted by Gasteiger charge is -2.27. The van der Waals surface area contributed by atoms with Gasteiger partial charge < -0.3 is 10.2 Å². The first kappa shape index (κ1) is 13.9.